The van der Waals surface area contributed by atoms with Gasteiger partial charge in [0.25, 0.3) is 0 Å². The molecule has 0 radical (unpaired) electrons. The number of hydrogen-bond donors (Lipinski definition) is 2. The first kappa shape index (κ1) is 15.8. The molecule has 0 aromatic heterocycles. The number of carbonyl (C=O) groups is 1. The minimum Gasteiger partial charge on any atom is -0.353 e. The summed E-state index contributed by atoms with van der Waals surface area (Å²) in [6.07, 6.45) is -1.92. The second kappa shape index (κ2) is 6.47. The molecule has 3 nitrogen and oxygen atoms in total. The first-order valence-corrected chi connectivity index (χ1v) is 7.06. The second-order valence-electron chi connectivity index (χ2n) is 5.39. The first-order valence-electron chi connectivity index (χ1n) is 7.06. The van der Waals surface area contributed by atoms with Crippen molar-refractivity contribution < 1.29 is 18.0 Å². The summed E-state index contributed by atoms with van der Waals surface area (Å²) in [5.41, 5.74) is -0.0902. The van der Waals surface area contributed by atoms with Crippen molar-refractivity contribution >= 4 is 5.91 Å². The van der Waals surface area contributed by atoms with Crippen LogP contribution in [0.1, 0.15) is 43.4 Å². The highest BCUT2D eigenvalue weighted by molar-refractivity contribution is 5.76. The Morgan fingerprint density at radius 2 is 2.10 bits per heavy atom. The molecule has 1 aliphatic rings. The molecule has 0 bridgehead atoms. The predicted molar refractivity (Wildman–Crippen MR) is 73.6 cm³/mol. The van der Waals surface area contributed by atoms with Crippen LogP contribution < -0.4 is 10.6 Å². The second-order valence-corrected chi connectivity index (χ2v) is 5.39. The van der Waals surface area contributed by atoms with Crippen molar-refractivity contribution in [3.63, 3.8) is 0 Å². The van der Waals surface area contributed by atoms with E-state index in [-0.39, 0.29) is 11.9 Å². The quantitative estimate of drug-likeness (QED) is 0.848. The van der Waals surface area contributed by atoms with Crippen LogP contribution in [0.3, 0.4) is 0 Å². The van der Waals surface area contributed by atoms with Gasteiger partial charge in [0.2, 0.25) is 5.91 Å². The Kier molecular flexibility index (Phi) is 4.88. The molecule has 1 aromatic carbocycles. The average molecular weight is 300 g/mol. The van der Waals surface area contributed by atoms with Gasteiger partial charge in [-0.25, -0.2) is 0 Å². The van der Waals surface area contributed by atoms with Crippen LogP contribution in [0.15, 0.2) is 24.3 Å². The molecule has 1 aliphatic carbocycles. The molecule has 1 atom stereocenters. The molecule has 1 amide bonds. The van der Waals surface area contributed by atoms with Gasteiger partial charge in [0, 0.05) is 25.0 Å². The number of rotatable bonds is 6. The number of hydrogen-bond acceptors (Lipinski definition) is 2. The molecule has 6 heteroatoms. The molecule has 1 fully saturated rings. The van der Waals surface area contributed by atoms with Crippen LogP contribution in [-0.2, 0) is 11.0 Å². The predicted octanol–water partition coefficient (Wildman–Crippen LogP) is 3.02. The van der Waals surface area contributed by atoms with Crippen LogP contribution in [0.25, 0.3) is 0 Å². The highest BCUT2D eigenvalue weighted by Gasteiger charge is 2.30. The van der Waals surface area contributed by atoms with Gasteiger partial charge in [0.05, 0.1) is 5.56 Å². The van der Waals surface area contributed by atoms with Crippen LogP contribution in [0, 0.1) is 0 Å². The standard InChI is InChI=1S/C15H19F3N2O/c1-10(19-8-7-14(21)20-13-5-6-13)11-3-2-4-12(9-11)15(16,17)18/h2-4,9-10,13,19H,5-8H2,1H3,(H,20,21). The number of amides is 1. The summed E-state index contributed by atoms with van der Waals surface area (Å²) in [6.45, 7) is 2.23. The van der Waals surface area contributed by atoms with E-state index >= 15 is 0 Å². The maximum atomic E-state index is 12.6. The Balaban J connectivity index is 1.82. The number of carbonyl (C=O) groups excluding carboxylic acids is 1. The van der Waals surface area contributed by atoms with E-state index in [0.29, 0.717) is 24.6 Å². The van der Waals surface area contributed by atoms with E-state index in [0.717, 1.165) is 25.0 Å². The Morgan fingerprint density at radius 1 is 1.38 bits per heavy atom. The summed E-state index contributed by atoms with van der Waals surface area (Å²) < 4.78 is 37.9. The molecule has 1 aromatic rings. The van der Waals surface area contributed by atoms with Crippen molar-refractivity contribution in [3.05, 3.63) is 35.4 Å². The zero-order valence-corrected chi connectivity index (χ0v) is 11.8. The van der Waals surface area contributed by atoms with Crippen LogP contribution >= 0.6 is 0 Å². The van der Waals surface area contributed by atoms with E-state index in [1.807, 2.05) is 0 Å². The topological polar surface area (TPSA) is 41.1 Å². The SMILES string of the molecule is CC(NCCC(=O)NC1CC1)c1cccc(C(F)(F)F)c1. The zero-order chi connectivity index (χ0) is 15.5. The molecule has 0 saturated heterocycles. The van der Waals surface area contributed by atoms with Gasteiger partial charge in [-0.15, -0.1) is 0 Å². The number of alkyl halides is 3. The number of benzene rings is 1. The molecule has 2 N–H and O–H groups in total. The van der Waals surface area contributed by atoms with E-state index in [1.165, 1.54) is 6.07 Å². The van der Waals surface area contributed by atoms with Crippen molar-refractivity contribution in [2.24, 2.45) is 0 Å². The van der Waals surface area contributed by atoms with Crippen molar-refractivity contribution in [2.45, 2.75) is 44.4 Å². The fourth-order valence-corrected chi connectivity index (χ4v) is 2.03. The Morgan fingerprint density at radius 3 is 2.71 bits per heavy atom. The minimum atomic E-state index is -4.33. The highest BCUT2D eigenvalue weighted by atomic mass is 19.4. The van der Waals surface area contributed by atoms with Gasteiger partial charge in [-0.1, -0.05) is 12.1 Å². The summed E-state index contributed by atoms with van der Waals surface area (Å²) in [5.74, 6) is -0.0127. The molecule has 21 heavy (non-hydrogen) atoms. The van der Waals surface area contributed by atoms with Gasteiger partial charge < -0.3 is 10.6 Å². The van der Waals surface area contributed by atoms with Crippen LogP contribution in [0.5, 0.6) is 0 Å². The number of halogens is 3. The largest absolute Gasteiger partial charge is 0.416 e. The summed E-state index contributed by atoms with van der Waals surface area (Å²) in [5, 5.41) is 5.94. The lowest BCUT2D eigenvalue weighted by Gasteiger charge is -2.16. The monoisotopic (exact) mass is 300 g/mol. The zero-order valence-electron chi connectivity index (χ0n) is 11.8. The normalized spacial score (nSPS) is 16.6. The Hall–Kier alpha value is -1.56. The first-order chi connectivity index (χ1) is 9.86. The smallest absolute Gasteiger partial charge is 0.353 e. The Bertz CT molecular complexity index is 498. The van der Waals surface area contributed by atoms with Crippen LogP contribution in [0.4, 0.5) is 13.2 Å². The lowest BCUT2D eigenvalue weighted by Crippen LogP contribution is -2.30. The number of nitrogens with one attached hydrogen (secondary N) is 2. The summed E-state index contributed by atoms with van der Waals surface area (Å²) in [4.78, 5) is 11.5. The third-order valence-electron chi connectivity index (χ3n) is 3.46. The van der Waals surface area contributed by atoms with E-state index in [9.17, 15) is 18.0 Å². The lowest BCUT2D eigenvalue weighted by atomic mass is 10.0. The summed E-state index contributed by atoms with van der Waals surface area (Å²) in [6, 6.07) is 5.34. The fraction of sp³-hybridized carbons (Fsp3) is 0.533. The molecular formula is C15H19F3N2O. The van der Waals surface area contributed by atoms with Gasteiger partial charge in [-0.05, 0) is 37.5 Å². The maximum Gasteiger partial charge on any atom is 0.416 e. The fourth-order valence-electron chi connectivity index (χ4n) is 2.03. The molecular weight excluding hydrogens is 281 g/mol. The van der Waals surface area contributed by atoms with Crippen molar-refractivity contribution in [1.29, 1.82) is 0 Å². The third kappa shape index (κ3) is 5.04. The molecule has 0 aliphatic heterocycles. The van der Waals surface area contributed by atoms with E-state index in [2.05, 4.69) is 10.6 Å². The molecule has 116 valence electrons. The maximum absolute atomic E-state index is 12.6. The van der Waals surface area contributed by atoms with E-state index in [4.69, 9.17) is 0 Å². The minimum absolute atomic E-state index is 0.0127. The molecule has 2 rings (SSSR count). The van der Waals surface area contributed by atoms with Crippen LogP contribution in [-0.4, -0.2) is 18.5 Å². The van der Waals surface area contributed by atoms with E-state index in [1.54, 1.807) is 13.0 Å². The Labute approximate surface area is 121 Å². The molecule has 1 unspecified atom stereocenters. The van der Waals surface area contributed by atoms with Gasteiger partial charge in [-0.2, -0.15) is 13.2 Å². The van der Waals surface area contributed by atoms with Gasteiger partial charge >= 0.3 is 6.18 Å². The van der Waals surface area contributed by atoms with E-state index < -0.39 is 11.7 Å². The lowest BCUT2D eigenvalue weighted by molar-refractivity contribution is -0.137. The summed E-state index contributed by atoms with van der Waals surface area (Å²) in [7, 11) is 0. The average Bonchev–Trinajstić information content (AvgIpc) is 3.21. The highest BCUT2D eigenvalue weighted by Crippen LogP contribution is 2.30. The third-order valence-corrected chi connectivity index (χ3v) is 3.46. The molecule has 0 spiro atoms. The van der Waals surface area contributed by atoms with Crippen molar-refractivity contribution in [3.8, 4) is 0 Å². The van der Waals surface area contributed by atoms with Gasteiger partial charge in [-0.3, -0.25) is 4.79 Å². The summed E-state index contributed by atoms with van der Waals surface area (Å²) >= 11 is 0. The van der Waals surface area contributed by atoms with Gasteiger partial charge in [0.15, 0.2) is 0 Å². The van der Waals surface area contributed by atoms with Gasteiger partial charge in [0.1, 0.15) is 0 Å². The molecule has 0 heterocycles. The van der Waals surface area contributed by atoms with Crippen molar-refractivity contribution in [1.82, 2.24) is 10.6 Å². The van der Waals surface area contributed by atoms with Crippen LogP contribution in [0.2, 0.25) is 0 Å². The van der Waals surface area contributed by atoms with Crippen molar-refractivity contribution in [2.75, 3.05) is 6.54 Å². The molecule has 1 saturated carbocycles.